The number of furan rings is 1. The number of carboxylic acids is 1. The Morgan fingerprint density at radius 1 is 1.30 bits per heavy atom. The van der Waals surface area contributed by atoms with E-state index in [1.54, 1.807) is 30.6 Å². The van der Waals surface area contributed by atoms with Crippen LogP contribution in [0, 0.1) is 0 Å². The van der Waals surface area contributed by atoms with Crippen LogP contribution in [0.15, 0.2) is 53.2 Å². The van der Waals surface area contributed by atoms with Gasteiger partial charge in [-0.25, -0.2) is 4.79 Å². The Kier molecular flexibility index (Phi) is 3.09. The van der Waals surface area contributed by atoms with Crippen LogP contribution in [0.4, 0.5) is 0 Å². The van der Waals surface area contributed by atoms with E-state index >= 15 is 0 Å². The number of benzene rings is 1. The molecule has 0 bridgehead atoms. The van der Waals surface area contributed by atoms with E-state index in [2.05, 4.69) is 4.98 Å². The molecule has 0 aliphatic heterocycles. The molecule has 20 heavy (non-hydrogen) atoms. The van der Waals surface area contributed by atoms with Crippen molar-refractivity contribution >= 4 is 16.9 Å². The molecular weight excluding hydrogens is 258 g/mol. The lowest BCUT2D eigenvalue weighted by atomic mass is 10.2. The molecule has 5 nitrogen and oxygen atoms in total. The van der Waals surface area contributed by atoms with Crippen molar-refractivity contribution in [3.63, 3.8) is 0 Å². The van der Waals surface area contributed by atoms with Crippen LogP contribution < -0.4 is 4.74 Å². The molecule has 0 aliphatic rings. The lowest BCUT2D eigenvalue weighted by molar-refractivity contribution is 0.0665. The summed E-state index contributed by atoms with van der Waals surface area (Å²) in [7, 11) is 0. The number of hydrogen-bond donors (Lipinski definition) is 1. The molecule has 0 aliphatic carbocycles. The third-order valence-electron chi connectivity index (χ3n) is 2.84. The normalized spacial score (nSPS) is 10.6. The topological polar surface area (TPSA) is 72.6 Å². The van der Waals surface area contributed by atoms with Crippen LogP contribution in [0.1, 0.15) is 16.1 Å². The average molecular weight is 269 g/mol. The van der Waals surface area contributed by atoms with Crippen LogP contribution in [0.5, 0.6) is 5.75 Å². The van der Waals surface area contributed by atoms with Crippen LogP contribution in [0.2, 0.25) is 0 Å². The first-order chi connectivity index (χ1) is 9.74. The maximum Gasteiger partial charge on any atom is 0.371 e. The maximum absolute atomic E-state index is 10.9. The fourth-order valence-electron chi connectivity index (χ4n) is 1.90. The number of carbonyl (C=O) groups is 1. The molecule has 3 aromatic rings. The van der Waals surface area contributed by atoms with Crippen molar-refractivity contribution in [3.05, 3.63) is 60.1 Å². The summed E-state index contributed by atoms with van der Waals surface area (Å²) >= 11 is 0. The zero-order valence-electron chi connectivity index (χ0n) is 10.4. The van der Waals surface area contributed by atoms with Gasteiger partial charge >= 0.3 is 5.97 Å². The van der Waals surface area contributed by atoms with Crippen LogP contribution in [0.25, 0.3) is 11.0 Å². The number of para-hydroxylation sites is 1. The Bertz CT molecular complexity index is 749. The van der Waals surface area contributed by atoms with E-state index in [9.17, 15) is 4.79 Å². The third kappa shape index (κ3) is 2.33. The highest BCUT2D eigenvalue weighted by Gasteiger charge is 2.13. The zero-order chi connectivity index (χ0) is 13.9. The molecule has 0 unspecified atom stereocenters. The minimum absolute atomic E-state index is 0.0996. The van der Waals surface area contributed by atoms with E-state index in [1.165, 1.54) is 6.07 Å². The summed E-state index contributed by atoms with van der Waals surface area (Å²) < 4.78 is 11.0. The minimum atomic E-state index is -1.10. The average Bonchev–Trinajstić information content (AvgIpc) is 2.91. The number of aromatic carboxylic acids is 1. The first-order valence-corrected chi connectivity index (χ1v) is 6.01. The molecule has 2 aromatic heterocycles. The zero-order valence-corrected chi connectivity index (χ0v) is 10.4. The van der Waals surface area contributed by atoms with Crippen molar-refractivity contribution in [2.24, 2.45) is 0 Å². The summed E-state index contributed by atoms with van der Waals surface area (Å²) in [5, 5.41) is 9.64. The van der Waals surface area contributed by atoms with Gasteiger partial charge in [0.1, 0.15) is 6.61 Å². The third-order valence-corrected chi connectivity index (χ3v) is 2.84. The predicted molar refractivity (Wildman–Crippen MR) is 71.7 cm³/mol. The van der Waals surface area contributed by atoms with Gasteiger partial charge in [-0.15, -0.1) is 0 Å². The summed E-state index contributed by atoms with van der Waals surface area (Å²) in [6.07, 6.45) is 3.40. The number of ether oxygens (including phenoxy) is 1. The van der Waals surface area contributed by atoms with Gasteiger partial charge in [0, 0.05) is 23.3 Å². The van der Waals surface area contributed by atoms with Gasteiger partial charge in [-0.05, 0) is 18.2 Å². The second kappa shape index (κ2) is 5.05. The molecule has 0 atom stereocenters. The first kappa shape index (κ1) is 12.2. The van der Waals surface area contributed by atoms with Gasteiger partial charge in [0.05, 0.1) is 0 Å². The van der Waals surface area contributed by atoms with Crippen molar-refractivity contribution in [1.29, 1.82) is 0 Å². The Labute approximate surface area is 114 Å². The van der Waals surface area contributed by atoms with Crippen molar-refractivity contribution in [2.45, 2.75) is 6.61 Å². The second-order valence-electron chi connectivity index (χ2n) is 4.24. The molecule has 0 amide bonds. The standard InChI is InChI=1S/C15H11NO4/c17-15(18)13-7-11-4-1-5-12(14(11)20-13)19-9-10-3-2-6-16-8-10/h1-8H,9H2,(H,17,18). The van der Waals surface area contributed by atoms with E-state index in [0.29, 0.717) is 23.3 Å². The summed E-state index contributed by atoms with van der Waals surface area (Å²) in [5.41, 5.74) is 1.36. The number of nitrogens with zero attached hydrogens (tertiary/aromatic N) is 1. The van der Waals surface area contributed by atoms with Crippen LogP contribution >= 0.6 is 0 Å². The lowest BCUT2D eigenvalue weighted by Crippen LogP contribution is -1.95. The molecular formula is C15H11NO4. The summed E-state index contributed by atoms with van der Waals surface area (Å²) in [6.45, 7) is 0.343. The molecule has 1 N–H and O–H groups in total. The van der Waals surface area contributed by atoms with Gasteiger partial charge < -0.3 is 14.3 Å². The molecule has 0 radical (unpaired) electrons. The van der Waals surface area contributed by atoms with E-state index in [1.807, 2.05) is 12.1 Å². The van der Waals surface area contributed by atoms with Gasteiger partial charge in [0.2, 0.25) is 5.76 Å². The number of carboxylic acid groups (broad SMARTS) is 1. The Morgan fingerprint density at radius 3 is 2.95 bits per heavy atom. The molecule has 0 saturated heterocycles. The fraction of sp³-hybridized carbons (Fsp3) is 0.0667. The monoisotopic (exact) mass is 269 g/mol. The van der Waals surface area contributed by atoms with E-state index in [-0.39, 0.29) is 5.76 Å². The molecule has 3 rings (SSSR count). The van der Waals surface area contributed by atoms with Crippen LogP contribution in [-0.2, 0) is 6.61 Å². The lowest BCUT2D eigenvalue weighted by Gasteiger charge is -2.06. The van der Waals surface area contributed by atoms with Gasteiger partial charge in [-0.1, -0.05) is 18.2 Å². The van der Waals surface area contributed by atoms with Crippen LogP contribution in [-0.4, -0.2) is 16.1 Å². The fourth-order valence-corrected chi connectivity index (χ4v) is 1.90. The summed E-state index contributed by atoms with van der Waals surface area (Å²) in [5.74, 6) is -0.685. The highest BCUT2D eigenvalue weighted by Crippen LogP contribution is 2.29. The molecule has 1 aromatic carbocycles. The Morgan fingerprint density at radius 2 is 2.20 bits per heavy atom. The van der Waals surface area contributed by atoms with Gasteiger partial charge in [0.25, 0.3) is 0 Å². The quantitative estimate of drug-likeness (QED) is 0.787. The molecule has 0 spiro atoms. The minimum Gasteiger partial charge on any atom is -0.485 e. The van der Waals surface area contributed by atoms with Gasteiger partial charge in [-0.3, -0.25) is 4.98 Å². The SMILES string of the molecule is O=C(O)c1cc2cccc(OCc3cccnc3)c2o1. The molecule has 0 saturated carbocycles. The summed E-state index contributed by atoms with van der Waals surface area (Å²) in [4.78, 5) is 14.9. The molecule has 5 heteroatoms. The van der Waals surface area contributed by atoms with Crippen molar-refractivity contribution in [1.82, 2.24) is 4.98 Å². The number of rotatable bonds is 4. The second-order valence-corrected chi connectivity index (χ2v) is 4.24. The largest absolute Gasteiger partial charge is 0.485 e. The maximum atomic E-state index is 10.9. The van der Waals surface area contributed by atoms with Crippen molar-refractivity contribution < 1.29 is 19.1 Å². The van der Waals surface area contributed by atoms with Gasteiger partial charge in [0.15, 0.2) is 11.3 Å². The Hall–Kier alpha value is -2.82. The number of hydrogen-bond acceptors (Lipinski definition) is 4. The smallest absolute Gasteiger partial charge is 0.371 e. The van der Waals surface area contributed by atoms with E-state index in [4.69, 9.17) is 14.3 Å². The van der Waals surface area contributed by atoms with Crippen molar-refractivity contribution in [3.8, 4) is 5.75 Å². The van der Waals surface area contributed by atoms with Crippen LogP contribution in [0.3, 0.4) is 0 Å². The van der Waals surface area contributed by atoms with E-state index in [0.717, 1.165) is 5.56 Å². The number of fused-ring (bicyclic) bond motifs is 1. The molecule has 2 heterocycles. The van der Waals surface area contributed by atoms with Crippen molar-refractivity contribution in [2.75, 3.05) is 0 Å². The van der Waals surface area contributed by atoms with E-state index < -0.39 is 5.97 Å². The summed E-state index contributed by atoms with van der Waals surface area (Å²) in [6, 6.07) is 10.5. The molecule has 100 valence electrons. The highest BCUT2D eigenvalue weighted by atomic mass is 16.5. The predicted octanol–water partition coefficient (Wildman–Crippen LogP) is 3.11. The first-order valence-electron chi connectivity index (χ1n) is 6.01. The Balaban J connectivity index is 1.89. The number of aromatic nitrogens is 1. The molecule has 0 fully saturated rings. The highest BCUT2D eigenvalue weighted by molar-refractivity contribution is 5.93. The number of pyridine rings is 1. The van der Waals surface area contributed by atoms with Gasteiger partial charge in [-0.2, -0.15) is 0 Å².